The van der Waals surface area contributed by atoms with E-state index in [-0.39, 0.29) is 5.41 Å². The molecular weight excluding hydrogens is 352 g/mol. The van der Waals surface area contributed by atoms with Gasteiger partial charge in [0.1, 0.15) is 0 Å². The maximum Gasteiger partial charge on any atom is 0.259 e. The smallest absolute Gasteiger partial charge is 0.259 e. The summed E-state index contributed by atoms with van der Waals surface area (Å²) in [4.78, 5) is 8.93. The minimum absolute atomic E-state index is 0.00846. The zero-order valence-corrected chi connectivity index (χ0v) is 16.0. The van der Waals surface area contributed by atoms with Gasteiger partial charge in [0.05, 0.1) is 12.7 Å². The third-order valence-electron chi connectivity index (χ3n) is 6.12. The molecule has 2 fully saturated rings. The summed E-state index contributed by atoms with van der Waals surface area (Å²) in [7, 11) is 1.60. The second kappa shape index (κ2) is 7.02. The number of methoxy groups -OCH3 is 1. The van der Waals surface area contributed by atoms with Gasteiger partial charge in [-0.2, -0.15) is 4.98 Å². The van der Waals surface area contributed by atoms with Gasteiger partial charge in [-0.1, -0.05) is 41.9 Å². The molecule has 0 aliphatic heterocycles. The Morgan fingerprint density at radius 2 is 2.04 bits per heavy atom. The maximum absolute atomic E-state index is 5.55. The molecule has 2 heterocycles. The molecule has 6 nitrogen and oxygen atoms in total. The monoisotopic (exact) mass is 376 g/mol. The van der Waals surface area contributed by atoms with Gasteiger partial charge in [-0.15, -0.1) is 0 Å². The van der Waals surface area contributed by atoms with Crippen molar-refractivity contribution in [3.8, 4) is 17.3 Å². The van der Waals surface area contributed by atoms with Crippen LogP contribution >= 0.6 is 0 Å². The molecule has 0 unspecified atom stereocenters. The molecule has 0 spiro atoms. The van der Waals surface area contributed by atoms with Crippen LogP contribution in [0.4, 0.5) is 0 Å². The number of benzene rings is 1. The van der Waals surface area contributed by atoms with Crippen molar-refractivity contribution in [3.63, 3.8) is 0 Å². The van der Waals surface area contributed by atoms with Crippen LogP contribution in [0.2, 0.25) is 0 Å². The normalized spacial score (nSPS) is 22.5. The Kier molecular flexibility index (Phi) is 4.36. The van der Waals surface area contributed by atoms with Crippen molar-refractivity contribution in [1.82, 2.24) is 20.4 Å². The van der Waals surface area contributed by atoms with Gasteiger partial charge in [0.25, 0.3) is 5.89 Å². The van der Waals surface area contributed by atoms with Gasteiger partial charge < -0.3 is 14.6 Å². The highest BCUT2D eigenvalue weighted by Crippen LogP contribution is 2.45. The van der Waals surface area contributed by atoms with E-state index in [2.05, 4.69) is 45.8 Å². The summed E-state index contributed by atoms with van der Waals surface area (Å²) in [5.41, 5.74) is 2.23. The van der Waals surface area contributed by atoms with Crippen LogP contribution in [0.5, 0.6) is 5.88 Å². The molecule has 3 aromatic rings. The van der Waals surface area contributed by atoms with Gasteiger partial charge in [-0.25, -0.2) is 4.98 Å². The van der Waals surface area contributed by atoms with E-state index in [1.54, 1.807) is 19.4 Å². The second-order valence-corrected chi connectivity index (χ2v) is 7.89. The van der Waals surface area contributed by atoms with E-state index in [9.17, 15) is 0 Å². The first-order chi connectivity index (χ1) is 13.8. The minimum Gasteiger partial charge on any atom is -0.481 e. The molecule has 0 saturated heterocycles. The lowest BCUT2D eigenvalue weighted by Crippen LogP contribution is -2.45. The fourth-order valence-corrected chi connectivity index (χ4v) is 4.08. The van der Waals surface area contributed by atoms with E-state index in [0.29, 0.717) is 23.7 Å². The number of ether oxygens (including phenoxy) is 1. The average Bonchev–Trinajstić information content (AvgIpc) is 3.33. The predicted octanol–water partition coefficient (Wildman–Crippen LogP) is 3.71. The molecule has 2 aliphatic carbocycles. The largest absolute Gasteiger partial charge is 0.481 e. The molecule has 0 radical (unpaired) electrons. The molecular formula is C22H24N4O2. The zero-order chi connectivity index (χ0) is 19.0. The van der Waals surface area contributed by atoms with Crippen molar-refractivity contribution in [3.05, 3.63) is 60.0 Å². The van der Waals surface area contributed by atoms with Gasteiger partial charge in [-0.3, -0.25) is 0 Å². The summed E-state index contributed by atoms with van der Waals surface area (Å²) in [6, 6.07) is 15.0. The van der Waals surface area contributed by atoms with E-state index in [4.69, 9.17) is 14.2 Å². The molecule has 5 rings (SSSR count). The lowest BCUT2D eigenvalue weighted by molar-refractivity contribution is 0.211. The molecule has 0 amide bonds. The fraction of sp³-hybridized carbons (Fsp3) is 0.409. The summed E-state index contributed by atoms with van der Waals surface area (Å²) in [5, 5.41) is 8.08. The standard InChI is InChI=1S/C22H24N4O2/c1-27-19-9-8-16(13-23-19)20-25-21(26-28-20)22(10-5-11-22)14-24-18-12-17(18)15-6-3-2-4-7-15/h2-4,6-9,13,17-18,24H,5,10-12,14H2,1H3/t17-,18+/m1/s1. The minimum atomic E-state index is -0.00846. The van der Waals surface area contributed by atoms with E-state index in [1.165, 1.54) is 18.4 Å². The van der Waals surface area contributed by atoms with Gasteiger partial charge in [0.15, 0.2) is 5.82 Å². The molecule has 6 heteroatoms. The van der Waals surface area contributed by atoms with Crippen LogP contribution in [0, 0.1) is 0 Å². The van der Waals surface area contributed by atoms with Crippen LogP contribution in [0.1, 0.15) is 43.0 Å². The van der Waals surface area contributed by atoms with Gasteiger partial charge in [0.2, 0.25) is 5.88 Å². The number of nitrogens with one attached hydrogen (secondary N) is 1. The van der Waals surface area contributed by atoms with Crippen molar-refractivity contribution >= 4 is 0 Å². The highest BCUT2D eigenvalue weighted by molar-refractivity contribution is 5.51. The topological polar surface area (TPSA) is 73.1 Å². The van der Waals surface area contributed by atoms with Crippen LogP contribution in [-0.2, 0) is 5.41 Å². The third-order valence-corrected chi connectivity index (χ3v) is 6.12. The second-order valence-electron chi connectivity index (χ2n) is 7.89. The van der Waals surface area contributed by atoms with Gasteiger partial charge in [-0.05, 0) is 30.9 Å². The van der Waals surface area contributed by atoms with E-state index in [1.807, 2.05) is 6.07 Å². The first-order valence-corrected chi connectivity index (χ1v) is 9.90. The first-order valence-electron chi connectivity index (χ1n) is 9.90. The molecule has 2 atom stereocenters. The Bertz CT molecular complexity index is 935. The van der Waals surface area contributed by atoms with Crippen molar-refractivity contribution in [2.24, 2.45) is 0 Å². The zero-order valence-electron chi connectivity index (χ0n) is 16.0. The van der Waals surface area contributed by atoms with Crippen molar-refractivity contribution in [2.75, 3.05) is 13.7 Å². The average molecular weight is 376 g/mol. The highest BCUT2D eigenvalue weighted by Gasteiger charge is 2.46. The number of aromatic nitrogens is 3. The summed E-state index contributed by atoms with van der Waals surface area (Å²) in [6.07, 6.45) is 6.32. The predicted molar refractivity (Wildman–Crippen MR) is 105 cm³/mol. The lowest BCUT2D eigenvalue weighted by atomic mass is 9.68. The number of rotatable bonds is 7. The first kappa shape index (κ1) is 17.4. The Hall–Kier alpha value is -2.73. The summed E-state index contributed by atoms with van der Waals surface area (Å²) < 4.78 is 10.7. The number of hydrogen-bond acceptors (Lipinski definition) is 6. The molecule has 144 valence electrons. The third kappa shape index (κ3) is 3.18. The van der Waals surface area contributed by atoms with E-state index in [0.717, 1.165) is 30.8 Å². The van der Waals surface area contributed by atoms with Crippen LogP contribution < -0.4 is 10.1 Å². The number of hydrogen-bond donors (Lipinski definition) is 1. The maximum atomic E-state index is 5.55. The summed E-state index contributed by atoms with van der Waals surface area (Å²) in [5.74, 6) is 2.53. The van der Waals surface area contributed by atoms with Crippen LogP contribution in [-0.4, -0.2) is 34.8 Å². The summed E-state index contributed by atoms with van der Waals surface area (Å²) >= 11 is 0. The number of pyridine rings is 1. The van der Waals surface area contributed by atoms with Gasteiger partial charge >= 0.3 is 0 Å². The Morgan fingerprint density at radius 1 is 1.18 bits per heavy atom. The van der Waals surface area contributed by atoms with Crippen molar-refractivity contribution < 1.29 is 9.26 Å². The Morgan fingerprint density at radius 3 is 2.71 bits per heavy atom. The Balaban J connectivity index is 1.26. The molecule has 2 aromatic heterocycles. The van der Waals surface area contributed by atoms with Crippen LogP contribution in [0.25, 0.3) is 11.5 Å². The summed E-state index contributed by atoms with van der Waals surface area (Å²) in [6.45, 7) is 0.904. The quantitative estimate of drug-likeness (QED) is 0.678. The molecule has 28 heavy (non-hydrogen) atoms. The lowest BCUT2D eigenvalue weighted by Gasteiger charge is -2.39. The van der Waals surface area contributed by atoms with Crippen molar-refractivity contribution in [1.29, 1.82) is 0 Å². The Labute approximate surface area is 164 Å². The van der Waals surface area contributed by atoms with Gasteiger partial charge in [0, 0.05) is 36.2 Å². The fourth-order valence-electron chi connectivity index (χ4n) is 4.08. The molecule has 1 aromatic carbocycles. The molecule has 1 N–H and O–H groups in total. The van der Waals surface area contributed by atoms with E-state index < -0.39 is 0 Å². The molecule has 2 aliphatic rings. The highest BCUT2D eigenvalue weighted by atomic mass is 16.5. The van der Waals surface area contributed by atoms with E-state index >= 15 is 0 Å². The molecule has 0 bridgehead atoms. The van der Waals surface area contributed by atoms with Crippen LogP contribution in [0.15, 0.2) is 53.2 Å². The van der Waals surface area contributed by atoms with Crippen LogP contribution in [0.3, 0.4) is 0 Å². The SMILES string of the molecule is COc1ccc(-c2nc(C3(CN[C@H]4C[C@@H]4c4ccccc4)CCC3)no2)cn1. The number of nitrogens with zero attached hydrogens (tertiary/aromatic N) is 3. The molecule has 2 saturated carbocycles. The van der Waals surface area contributed by atoms with Crippen molar-refractivity contribution in [2.45, 2.75) is 43.1 Å².